The summed E-state index contributed by atoms with van der Waals surface area (Å²) in [6.07, 6.45) is -3.05. The molecule has 276 valence electrons. The van der Waals surface area contributed by atoms with E-state index in [2.05, 4.69) is 14.9 Å². The predicted molar refractivity (Wildman–Crippen MR) is 179 cm³/mol. The summed E-state index contributed by atoms with van der Waals surface area (Å²) in [6.45, 7) is -1.71. The molecule has 0 aliphatic heterocycles. The van der Waals surface area contributed by atoms with Crippen molar-refractivity contribution in [3.8, 4) is 0 Å². The van der Waals surface area contributed by atoms with Crippen LogP contribution in [0, 0.1) is 20.2 Å². The molecule has 2 aromatic heterocycles. The summed E-state index contributed by atoms with van der Waals surface area (Å²) in [5.41, 5.74) is 4.35. The largest absolute Gasteiger partial charge is 0.382 e. The van der Waals surface area contributed by atoms with Crippen LogP contribution in [0.25, 0.3) is 21.8 Å². The summed E-state index contributed by atoms with van der Waals surface area (Å²) in [4.78, 5) is 20.6. The lowest BCUT2D eigenvalue weighted by Crippen LogP contribution is -2.18. The molecular formula is C25H27Cl3F4N8O8S2. The van der Waals surface area contributed by atoms with Crippen LogP contribution in [0.1, 0.15) is 33.1 Å². The zero-order valence-corrected chi connectivity index (χ0v) is 28.3. The number of sulfonamides is 1. The van der Waals surface area contributed by atoms with Gasteiger partial charge < -0.3 is 5.73 Å². The average molecular weight is 814 g/mol. The third kappa shape index (κ3) is 9.53. The van der Waals surface area contributed by atoms with Gasteiger partial charge in [0.05, 0.1) is 41.2 Å². The van der Waals surface area contributed by atoms with Crippen LogP contribution < -0.4 is 10.5 Å². The fourth-order valence-electron chi connectivity index (χ4n) is 4.39. The number of nitrogens with two attached hydrogens (primary N) is 1. The Balaban J connectivity index is 0.000000228. The van der Waals surface area contributed by atoms with Gasteiger partial charge in [-0.05, 0) is 37.8 Å². The minimum absolute atomic E-state index is 0. The van der Waals surface area contributed by atoms with Crippen molar-refractivity contribution in [1.29, 1.82) is 0 Å². The van der Waals surface area contributed by atoms with Gasteiger partial charge in [0.25, 0.3) is 24.2 Å². The van der Waals surface area contributed by atoms with Crippen molar-refractivity contribution in [3.63, 3.8) is 0 Å². The van der Waals surface area contributed by atoms with Crippen LogP contribution in [0.3, 0.4) is 0 Å². The van der Waals surface area contributed by atoms with Gasteiger partial charge in [0.15, 0.2) is 11.6 Å². The van der Waals surface area contributed by atoms with Crippen molar-refractivity contribution in [3.05, 3.63) is 54.5 Å². The zero-order valence-electron chi connectivity index (χ0n) is 24.4. The van der Waals surface area contributed by atoms with E-state index in [0.29, 0.717) is 17.5 Å². The first-order valence-corrected chi connectivity index (χ1v) is 18.3. The maximum absolute atomic E-state index is 12.8. The highest BCUT2D eigenvalue weighted by Crippen LogP contribution is 2.39. The van der Waals surface area contributed by atoms with Gasteiger partial charge in [-0.3, -0.25) is 25.0 Å². The second-order valence-corrected chi connectivity index (χ2v) is 16.2. The molecule has 0 saturated heterocycles. The first-order chi connectivity index (χ1) is 22.7. The number of hydrogen-bond acceptors (Lipinski definition) is 11. The second kappa shape index (κ2) is 15.7. The van der Waals surface area contributed by atoms with E-state index in [1.807, 2.05) is 0 Å². The lowest BCUT2D eigenvalue weighted by molar-refractivity contribution is -0.383. The molecule has 2 heterocycles. The van der Waals surface area contributed by atoms with Crippen molar-refractivity contribution < 1.29 is 44.2 Å². The molecule has 4 aromatic rings. The number of nitro benzene ring substituents is 2. The SMILES string of the molecule is C.Nc1nn(CC(F)F)c2c([N+](=O)[O-])ccc(Cl)c12.O=S(=O)(Cl)C1CC1.O=[N+]([O-])c1ccc(Cl)c2c(NS(=O)(=O)C3CC3)nn(CC(F)F)c12. The fourth-order valence-corrected chi connectivity index (χ4v) is 7.45. The quantitative estimate of drug-likeness (QED) is 0.0753. The Kier molecular flexibility index (Phi) is 12.7. The monoisotopic (exact) mass is 812 g/mol. The normalized spacial score (nSPS) is 14.5. The summed E-state index contributed by atoms with van der Waals surface area (Å²) in [5, 5.41) is 28.8. The number of non-ortho nitro benzene ring substituents is 2. The minimum Gasteiger partial charge on any atom is -0.382 e. The topological polar surface area (TPSA) is 228 Å². The molecule has 2 saturated carbocycles. The molecule has 50 heavy (non-hydrogen) atoms. The highest BCUT2D eigenvalue weighted by atomic mass is 35.7. The number of nitrogen functional groups attached to an aromatic ring is 1. The van der Waals surface area contributed by atoms with Gasteiger partial charge in [-0.1, -0.05) is 30.6 Å². The summed E-state index contributed by atoms with van der Waals surface area (Å²) in [6, 6.07) is 4.68. The lowest BCUT2D eigenvalue weighted by atomic mass is 10.2. The standard InChI is InChI=1S/C12H11ClF2N4O4S.C9H7ClF2N4O2.C3H5ClO2S.CH4/c13-7-3-4-8(19(20)21)11-10(7)12(16-18(11)5-9(14)15)17-24(22,23)6-1-2-6;10-4-1-2-5(16(17)18)8-7(4)9(13)14-15(8)3-6(11)12;4-7(5,6)3-1-2-3;/h3-4,6,9H,1-2,5H2,(H,16,17);1-2,6H,3H2,(H2,13,14);3H,1-2H2;1H4. The van der Waals surface area contributed by atoms with Crippen LogP contribution in [0.5, 0.6) is 0 Å². The molecule has 0 unspecified atom stereocenters. The van der Waals surface area contributed by atoms with E-state index in [1.54, 1.807) is 0 Å². The van der Waals surface area contributed by atoms with E-state index < -0.39 is 65.8 Å². The van der Waals surface area contributed by atoms with Crippen molar-refractivity contribution in [2.75, 3.05) is 10.5 Å². The summed E-state index contributed by atoms with van der Waals surface area (Å²) in [5.74, 6) is -0.398. The van der Waals surface area contributed by atoms with Gasteiger partial charge in [0, 0.05) is 22.8 Å². The van der Waals surface area contributed by atoms with Crippen LogP contribution in [-0.4, -0.2) is 69.6 Å². The van der Waals surface area contributed by atoms with E-state index in [0.717, 1.165) is 29.7 Å². The Morgan fingerprint density at radius 2 is 1.24 bits per heavy atom. The molecule has 0 bridgehead atoms. The molecule has 0 spiro atoms. The number of nitro groups is 2. The van der Waals surface area contributed by atoms with Gasteiger partial charge in [0.2, 0.25) is 19.1 Å². The molecule has 2 fully saturated rings. The number of halogens is 7. The van der Waals surface area contributed by atoms with Crippen LogP contribution in [0.15, 0.2) is 24.3 Å². The van der Waals surface area contributed by atoms with E-state index in [9.17, 15) is 54.6 Å². The number of rotatable bonds is 10. The number of nitrogens with zero attached hydrogens (tertiary/aromatic N) is 6. The van der Waals surface area contributed by atoms with Gasteiger partial charge in [-0.25, -0.2) is 43.8 Å². The average Bonchev–Trinajstić information content (AvgIpc) is 3.89. The Labute approximate surface area is 295 Å². The van der Waals surface area contributed by atoms with Gasteiger partial charge in [0.1, 0.15) is 24.1 Å². The summed E-state index contributed by atoms with van der Waals surface area (Å²) < 4.78 is 98.5. The Hall–Kier alpha value is -3.73. The molecule has 0 atom stereocenters. The molecule has 6 rings (SSSR count). The van der Waals surface area contributed by atoms with Crippen molar-refractivity contribution >= 4 is 97.8 Å². The number of anilines is 2. The van der Waals surface area contributed by atoms with Gasteiger partial charge in [-0.2, -0.15) is 10.2 Å². The first-order valence-electron chi connectivity index (χ1n) is 13.7. The van der Waals surface area contributed by atoms with E-state index in [-0.39, 0.29) is 61.9 Å². The van der Waals surface area contributed by atoms with E-state index >= 15 is 0 Å². The first kappa shape index (κ1) is 40.7. The number of alkyl halides is 4. The highest BCUT2D eigenvalue weighted by molar-refractivity contribution is 8.14. The summed E-state index contributed by atoms with van der Waals surface area (Å²) in [7, 11) is -1.99. The van der Waals surface area contributed by atoms with Crippen molar-refractivity contribution in [2.24, 2.45) is 0 Å². The molecule has 2 aromatic carbocycles. The third-order valence-corrected chi connectivity index (χ3v) is 11.3. The van der Waals surface area contributed by atoms with Gasteiger partial charge >= 0.3 is 0 Å². The zero-order chi connectivity index (χ0) is 36.6. The Morgan fingerprint density at radius 3 is 1.62 bits per heavy atom. The number of aromatic nitrogens is 4. The van der Waals surface area contributed by atoms with Crippen molar-refractivity contribution in [1.82, 2.24) is 19.6 Å². The van der Waals surface area contributed by atoms with Crippen LogP contribution in [0.2, 0.25) is 10.0 Å². The maximum Gasteiger partial charge on any atom is 0.295 e. The molecule has 0 radical (unpaired) electrons. The second-order valence-electron chi connectivity index (χ2n) is 10.5. The summed E-state index contributed by atoms with van der Waals surface area (Å²) >= 11 is 11.9. The number of nitrogens with one attached hydrogen (secondary N) is 1. The van der Waals surface area contributed by atoms with E-state index in [4.69, 9.17) is 39.6 Å². The highest BCUT2D eigenvalue weighted by Gasteiger charge is 2.37. The smallest absolute Gasteiger partial charge is 0.295 e. The predicted octanol–water partition coefficient (Wildman–Crippen LogP) is 6.57. The molecule has 25 heteroatoms. The number of fused-ring (bicyclic) bond motifs is 2. The third-order valence-electron chi connectivity index (χ3n) is 6.81. The Morgan fingerprint density at radius 1 is 0.820 bits per heavy atom. The van der Waals surface area contributed by atoms with E-state index in [1.165, 1.54) is 12.1 Å². The fraction of sp³-hybridized carbons (Fsp3) is 0.440. The molecule has 0 amide bonds. The molecule has 3 N–H and O–H groups in total. The molecule has 16 nitrogen and oxygen atoms in total. The number of hydrogen-bond donors (Lipinski definition) is 2. The molecular weight excluding hydrogens is 787 g/mol. The van der Waals surface area contributed by atoms with Crippen LogP contribution >= 0.6 is 33.9 Å². The van der Waals surface area contributed by atoms with Gasteiger partial charge in [-0.15, -0.1) is 0 Å². The maximum atomic E-state index is 12.8. The van der Waals surface area contributed by atoms with Crippen molar-refractivity contribution in [2.45, 2.75) is 69.6 Å². The minimum atomic E-state index is -3.74. The Bertz CT molecular complexity index is 2150. The van der Waals surface area contributed by atoms with Crippen LogP contribution in [-0.2, 0) is 32.2 Å². The number of benzene rings is 2. The molecule has 2 aliphatic carbocycles. The van der Waals surface area contributed by atoms with Crippen LogP contribution in [0.4, 0.5) is 40.6 Å². The lowest BCUT2D eigenvalue weighted by Gasteiger charge is -2.04. The molecule has 2 aliphatic rings.